The molecule has 0 spiro atoms. The summed E-state index contributed by atoms with van der Waals surface area (Å²) in [5.41, 5.74) is 5.66. The number of H-pyrrole nitrogens is 1. The number of rotatable bonds is 5. The molecule has 0 saturated heterocycles. The number of imidazole rings is 1. The van der Waals surface area contributed by atoms with Crippen molar-refractivity contribution in [2.75, 3.05) is 0 Å². The molecule has 0 aliphatic heterocycles. The number of amides is 1. The molecular formula is C22H21N5O. The molecule has 28 heavy (non-hydrogen) atoms. The lowest BCUT2D eigenvalue weighted by molar-refractivity contribution is -0.116. The van der Waals surface area contributed by atoms with Gasteiger partial charge in [0.25, 0.3) is 0 Å². The molecule has 6 nitrogen and oxygen atoms in total. The number of fused-ring (bicyclic) bond motifs is 1. The third kappa shape index (κ3) is 3.57. The summed E-state index contributed by atoms with van der Waals surface area (Å²) in [5, 5.41) is 7.46. The highest BCUT2D eigenvalue weighted by atomic mass is 16.1. The van der Waals surface area contributed by atoms with E-state index in [4.69, 9.17) is 0 Å². The van der Waals surface area contributed by atoms with E-state index in [9.17, 15) is 4.79 Å². The van der Waals surface area contributed by atoms with Gasteiger partial charge in [-0.2, -0.15) is 5.10 Å². The van der Waals surface area contributed by atoms with Crippen molar-refractivity contribution >= 4 is 23.0 Å². The van der Waals surface area contributed by atoms with E-state index in [1.807, 2.05) is 79.2 Å². The van der Waals surface area contributed by atoms with Crippen LogP contribution in [0, 0.1) is 13.8 Å². The van der Waals surface area contributed by atoms with Crippen molar-refractivity contribution in [2.45, 2.75) is 20.4 Å². The van der Waals surface area contributed by atoms with Gasteiger partial charge in [0.1, 0.15) is 5.82 Å². The van der Waals surface area contributed by atoms with Gasteiger partial charge in [0.2, 0.25) is 5.91 Å². The van der Waals surface area contributed by atoms with E-state index in [2.05, 4.69) is 20.4 Å². The molecule has 0 saturated carbocycles. The summed E-state index contributed by atoms with van der Waals surface area (Å²) in [6.45, 7) is 4.29. The van der Waals surface area contributed by atoms with Crippen molar-refractivity contribution in [3.05, 3.63) is 83.4 Å². The fraction of sp³-hybridized carbons (Fsp3) is 0.136. The molecule has 2 aromatic carbocycles. The number of aromatic amines is 1. The van der Waals surface area contributed by atoms with Crippen LogP contribution in [0.1, 0.15) is 22.8 Å². The average molecular weight is 371 g/mol. The van der Waals surface area contributed by atoms with Crippen LogP contribution in [-0.4, -0.2) is 25.7 Å². The molecule has 0 fully saturated rings. The second-order valence-corrected chi connectivity index (χ2v) is 6.58. The Morgan fingerprint density at radius 3 is 2.64 bits per heavy atom. The summed E-state index contributed by atoms with van der Waals surface area (Å²) in [4.78, 5) is 19.9. The summed E-state index contributed by atoms with van der Waals surface area (Å²) >= 11 is 0. The lowest BCUT2D eigenvalue weighted by Crippen LogP contribution is -2.20. The lowest BCUT2D eigenvalue weighted by Gasteiger charge is -2.03. The van der Waals surface area contributed by atoms with Crippen molar-refractivity contribution in [1.29, 1.82) is 0 Å². The third-order valence-corrected chi connectivity index (χ3v) is 4.62. The molecule has 2 N–H and O–H groups in total. The zero-order valence-corrected chi connectivity index (χ0v) is 15.8. The second kappa shape index (κ2) is 7.52. The number of nitrogens with zero attached hydrogens (tertiary/aromatic N) is 3. The molecule has 0 aliphatic rings. The molecule has 0 atom stereocenters. The SMILES string of the molecule is Cc1nn(-c2ccccc2)c(C)c1/C=C/C(=O)NCc1nc2ccccc2[nH]1. The minimum absolute atomic E-state index is 0.174. The summed E-state index contributed by atoms with van der Waals surface area (Å²) in [5.74, 6) is 0.555. The Bertz CT molecular complexity index is 1120. The number of benzene rings is 2. The first-order chi connectivity index (χ1) is 13.6. The predicted molar refractivity (Wildman–Crippen MR) is 110 cm³/mol. The topological polar surface area (TPSA) is 75.6 Å². The molecule has 4 rings (SSSR count). The van der Waals surface area contributed by atoms with Crippen LogP contribution < -0.4 is 5.32 Å². The van der Waals surface area contributed by atoms with Crippen LogP contribution in [0.5, 0.6) is 0 Å². The van der Waals surface area contributed by atoms with Crippen molar-refractivity contribution in [2.24, 2.45) is 0 Å². The van der Waals surface area contributed by atoms with Gasteiger partial charge in [0.05, 0.1) is 29.0 Å². The molecule has 4 aromatic rings. The monoisotopic (exact) mass is 371 g/mol. The Kier molecular flexibility index (Phi) is 4.76. The number of aromatic nitrogens is 4. The van der Waals surface area contributed by atoms with Gasteiger partial charge in [-0.05, 0) is 44.2 Å². The fourth-order valence-electron chi connectivity index (χ4n) is 3.19. The quantitative estimate of drug-likeness (QED) is 0.525. The summed E-state index contributed by atoms with van der Waals surface area (Å²) in [6, 6.07) is 17.7. The van der Waals surface area contributed by atoms with Crippen LogP contribution in [0.2, 0.25) is 0 Å². The largest absolute Gasteiger partial charge is 0.345 e. The first kappa shape index (κ1) is 17.7. The van der Waals surface area contributed by atoms with Gasteiger partial charge >= 0.3 is 0 Å². The van der Waals surface area contributed by atoms with Gasteiger partial charge in [0.15, 0.2) is 0 Å². The highest BCUT2D eigenvalue weighted by Gasteiger charge is 2.11. The molecular weight excluding hydrogens is 350 g/mol. The number of carbonyl (C=O) groups excluding carboxylic acids is 1. The van der Waals surface area contributed by atoms with Crippen LogP contribution >= 0.6 is 0 Å². The standard InChI is InChI=1S/C22H21N5O/c1-15-18(16(2)27(26-15)17-8-4-3-5-9-17)12-13-22(28)23-14-21-24-19-10-6-7-11-20(19)25-21/h3-13H,14H2,1-2H3,(H,23,28)(H,24,25)/b13-12+. The molecule has 0 radical (unpaired) electrons. The second-order valence-electron chi connectivity index (χ2n) is 6.58. The maximum atomic E-state index is 12.2. The van der Waals surface area contributed by atoms with Crippen LogP contribution in [0.25, 0.3) is 22.8 Å². The summed E-state index contributed by atoms with van der Waals surface area (Å²) in [7, 11) is 0. The first-order valence-corrected chi connectivity index (χ1v) is 9.13. The van der Waals surface area contributed by atoms with E-state index in [0.29, 0.717) is 6.54 Å². The van der Waals surface area contributed by atoms with Crippen molar-refractivity contribution in [3.63, 3.8) is 0 Å². The third-order valence-electron chi connectivity index (χ3n) is 4.62. The summed E-state index contributed by atoms with van der Waals surface area (Å²) in [6.07, 6.45) is 3.35. The number of carbonyl (C=O) groups is 1. The van der Waals surface area contributed by atoms with Gasteiger partial charge in [-0.15, -0.1) is 0 Å². The molecule has 1 amide bonds. The zero-order chi connectivity index (χ0) is 19.5. The van der Waals surface area contributed by atoms with Crippen molar-refractivity contribution in [3.8, 4) is 5.69 Å². The lowest BCUT2D eigenvalue weighted by atomic mass is 10.2. The normalized spacial score (nSPS) is 11.4. The Balaban J connectivity index is 1.45. The predicted octanol–water partition coefficient (Wildman–Crippen LogP) is 3.70. The van der Waals surface area contributed by atoms with Crippen molar-refractivity contribution < 1.29 is 4.79 Å². The van der Waals surface area contributed by atoms with E-state index < -0.39 is 0 Å². The molecule has 140 valence electrons. The van der Waals surface area contributed by atoms with Gasteiger partial charge in [-0.3, -0.25) is 4.79 Å². The number of hydrogen-bond acceptors (Lipinski definition) is 3. The Labute approximate surface area is 162 Å². The first-order valence-electron chi connectivity index (χ1n) is 9.13. The zero-order valence-electron chi connectivity index (χ0n) is 15.8. The average Bonchev–Trinajstić information content (AvgIpc) is 3.26. The van der Waals surface area contributed by atoms with Gasteiger partial charge in [-0.25, -0.2) is 9.67 Å². The highest BCUT2D eigenvalue weighted by Crippen LogP contribution is 2.19. The highest BCUT2D eigenvalue weighted by molar-refractivity contribution is 5.92. The Morgan fingerprint density at radius 1 is 1.11 bits per heavy atom. The maximum absolute atomic E-state index is 12.2. The van der Waals surface area contributed by atoms with E-state index in [1.165, 1.54) is 6.08 Å². The Morgan fingerprint density at radius 2 is 1.86 bits per heavy atom. The van der Waals surface area contributed by atoms with Crippen LogP contribution in [0.3, 0.4) is 0 Å². The van der Waals surface area contributed by atoms with Gasteiger partial charge in [0, 0.05) is 17.3 Å². The fourth-order valence-corrected chi connectivity index (χ4v) is 3.19. The molecule has 0 bridgehead atoms. The van der Waals surface area contributed by atoms with Gasteiger partial charge in [-0.1, -0.05) is 30.3 Å². The molecule has 2 aromatic heterocycles. The number of aryl methyl sites for hydroxylation is 1. The van der Waals surface area contributed by atoms with E-state index in [-0.39, 0.29) is 5.91 Å². The number of hydrogen-bond donors (Lipinski definition) is 2. The van der Waals surface area contributed by atoms with E-state index in [1.54, 1.807) is 0 Å². The van der Waals surface area contributed by atoms with Crippen LogP contribution in [0.15, 0.2) is 60.7 Å². The van der Waals surface area contributed by atoms with Crippen molar-refractivity contribution in [1.82, 2.24) is 25.1 Å². The minimum atomic E-state index is -0.174. The summed E-state index contributed by atoms with van der Waals surface area (Å²) < 4.78 is 1.89. The Hall–Kier alpha value is -3.67. The number of para-hydroxylation sites is 3. The van der Waals surface area contributed by atoms with E-state index in [0.717, 1.165) is 39.5 Å². The molecule has 6 heteroatoms. The number of nitrogens with one attached hydrogen (secondary N) is 2. The molecule has 2 heterocycles. The smallest absolute Gasteiger partial charge is 0.244 e. The van der Waals surface area contributed by atoms with E-state index >= 15 is 0 Å². The van der Waals surface area contributed by atoms with Crippen LogP contribution in [0.4, 0.5) is 0 Å². The minimum Gasteiger partial charge on any atom is -0.345 e. The molecule has 0 aliphatic carbocycles. The van der Waals surface area contributed by atoms with Crippen LogP contribution in [-0.2, 0) is 11.3 Å². The van der Waals surface area contributed by atoms with Gasteiger partial charge < -0.3 is 10.3 Å². The maximum Gasteiger partial charge on any atom is 0.244 e. The molecule has 0 unspecified atom stereocenters.